The maximum Gasteiger partial charge on any atom is 0.410 e. The van der Waals surface area contributed by atoms with Crippen LogP contribution in [0.2, 0.25) is 0 Å². The highest BCUT2D eigenvalue weighted by Gasteiger charge is 2.30. The molecule has 2 atom stereocenters. The summed E-state index contributed by atoms with van der Waals surface area (Å²) in [5.41, 5.74) is 13.7. The number of imidazole rings is 1. The molecule has 0 spiro atoms. The average Bonchev–Trinajstić information content (AvgIpc) is 3.90. The molecule has 0 bridgehead atoms. The molecule has 0 saturated carbocycles. The van der Waals surface area contributed by atoms with Crippen LogP contribution in [0.1, 0.15) is 84.3 Å². The summed E-state index contributed by atoms with van der Waals surface area (Å²) in [7, 11) is 0. The highest BCUT2D eigenvalue weighted by atomic mass is 16.6. The minimum absolute atomic E-state index is 0.0325. The minimum atomic E-state index is -1.13. The van der Waals surface area contributed by atoms with E-state index >= 15 is 0 Å². The molecule has 0 aliphatic carbocycles. The number of hydrogen-bond donors (Lipinski definition) is 8. The van der Waals surface area contributed by atoms with E-state index in [1.807, 2.05) is 35.8 Å². The molecule has 70 heavy (non-hydrogen) atoms. The van der Waals surface area contributed by atoms with E-state index in [4.69, 9.17) is 21.2 Å². The van der Waals surface area contributed by atoms with Gasteiger partial charge in [-0.05, 0) is 70.2 Å². The van der Waals surface area contributed by atoms with Crippen LogP contribution in [-0.4, -0.2) is 118 Å². The number of amides is 7. The van der Waals surface area contributed by atoms with Gasteiger partial charge in [-0.3, -0.25) is 24.0 Å². The summed E-state index contributed by atoms with van der Waals surface area (Å²) in [6.45, 7) is 10.6. The van der Waals surface area contributed by atoms with E-state index in [-0.39, 0.29) is 95.5 Å². The largest absolute Gasteiger partial charge is 0.445 e. The van der Waals surface area contributed by atoms with Crippen LogP contribution >= 0.6 is 0 Å². The maximum atomic E-state index is 13.7. The second-order valence-electron chi connectivity index (χ2n) is 17.9. The number of benzene rings is 2. The van der Waals surface area contributed by atoms with Gasteiger partial charge in [0.05, 0.1) is 35.4 Å². The molecular formula is C47H64N14O9. The van der Waals surface area contributed by atoms with Gasteiger partial charge in [0, 0.05) is 56.2 Å². The number of nitrogens with zero attached hydrogens (tertiary/aromatic N) is 7. The molecule has 376 valence electrons. The Balaban J connectivity index is 1.18. The Morgan fingerprint density at radius 3 is 2.31 bits per heavy atom. The van der Waals surface area contributed by atoms with Gasteiger partial charge < -0.3 is 57.4 Å². The molecule has 0 saturated heterocycles. The van der Waals surface area contributed by atoms with Gasteiger partial charge in [0.15, 0.2) is 5.82 Å². The molecule has 23 heteroatoms. The predicted molar refractivity (Wildman–Crippen MR) is 259 cm³/mol. The Kier molecular flexibility index (Phi) is 18.7. The minimum Gasteiger partial charge on any atom is -0.445 e. The molecule has 5 aromatic rings. The summed E-state index contributed by atoms with van der Waals surface area (Å²) in [5, 5.41) is 33.0. The Morgan fingerprint density at radius 1 is 0.914 bits per heavy atom. The van der Waals surface area contributed by atoms with Crippen molar-refractivity contribution in [1.82, 2.24) is 55.7 Å². The topological polar surface area (TPSA) is 326 Å². The van der Waals surface area contributed by atoms with Gasteiger partial charge >= 0.3 is 12.1 Å². The van der Waals surface area contributed by atoms with Crippen LogP contribution in [0, 0.1) is 5.92 Å². The monoisotopic (exact) mass is 968 g/mol. The highest BCUT2D eigenvalue weighted by molar-refractivity contribution is 6.06. The SMILES string of the molecule is CCN(Cc1nc2c(N)nc3ccccc3c2n1CC(C)(C)O)C(=O)OCc1ccc(NC(=O)[C@H](CCCNC(N)=O)NC(=O)[C@@H](NC(=O)Cn2cc(CCC(=O)NCCC(C)=O)nn2)C(C)C)cc1. The fourth-order valence-corrected chi connectivity index (χ4v) is 7.40. The van der Waals surface area contributed by atoms with Gasteiger partial charge in [0.25, 0.3) is 0 Å². The number of aliphatic hydroxyl groups is 1. The fraction of sp³-hybridized carbons (Fsp3) is 0.468. The first kappa shape index (κ1) is 53.3. The average molecular weight is 969 g/mol. The number of nitrogens with two attached hydrogens (primary N) is 2. The van der Waals surface area contributed by atoms with E-state index in [1.54, 1.807) is 52.0 Å². The Labute approximate surface area is 404 Å². The van der Waals surface area contributed by atoms with Crippen LogP contribution in [0.15, 0.2) is 54.7 Å². The number of carbonyl (C=O) groups is 7. The number of fused-ring (bicyclic) bond motifs is 3. The lowest BCUT2D eigenvalue weighted by atomic mass is 10.0. The van der Waals surface area contributed by atoms with Crippen molar-refractivity contribution in [2.24, 2.45) is 11.7 Å². The number of aryl methyl sites for hydroxylation is 1. The summed E-state index contributed by atoms with van der Waals surface area (Å²) in [5.74, 6) is -1.70. The van der Waals surface area contributed by atoms with Crippen LogP contribution in [0.25, 0.3) is 21.9 Å². The number of pyridine rings is 1. The molecule has 0 aliphatic heterocycles. The number of anilines is 2. The predicted octanol–water partition coefficient (Wildman–Crippen LogP) is 2.43. The summed E-state index contributed by atoms with van der Waals surface area (Å²) in [4.78, 5) is 99.3. The molecule has 10 N–H and O–H groups in total. The summed E-state index contributed by atoms with van der Waals surface area (Å²) in [6, 6.07) is 11.2. The summed E-state index contributed by atoms with van der Waals surface area (Å²) in [6.07, 6.45) is 1.89. The van der Waals surface area contributed by atoms with Crippen LogP contribution in [0.5, 0.6) is 0 Å². The standard InChI is InChI=1S/C47H64N14O9/c1-7-59(24-36-55-40-41(61(36)27-47(5,6)69)33-11-8-9-12-34(33)53-42(40)48)46(68)70-26-30-14-16-31(17-15-30)52-43(65)35(13-10-21-51-45(49)67)54-44(66)39(28(2)3)56-38(64)25-60-23-32(57-58-60)18-19-37(63)50-22-20-29(4)62/h8-9,11-12,14-17,23,28,35,39,69H,7,10,13,18-22,24-27H2,1-6H3,(H2,48,53)(H,50,63)(H,52,65)(H,54,66)(H,56,64)(H3,49,51,67)/t35-,39-/m0/s1. The first-order valence-electron chi connectivity index (χ1n) is 23.1. The van der Waals surface area contributed by atoms with Crippen LogP contribution in [-0.2, 0) is 61.4 Å². The number of Topliss-reactive ketones (excluding diaryl/α,β-unsaturated/α-hetero) is 1. The summed E-state index contributed by atoms with van der Waals surface area (Å²) >= 11 is 0. The molecule has 0 fully saturated rings. The van der Waals surface area contributed by atoms with Crippen molar-refractivity contribution in [3.8, 4) is 0 Å². The van der Waals surface area contributed by atoms with Gasteiger partial charge in [-0.1, -0.05) is 49.4 Å². The number of ether oxygens (including phenoxy) is 1. The molecule has 0 unspecified atom stereocenters. The third kappa shape index (κ3) is 15.7. The normalized spacial score (nSPS) is 12.3. The Morgan fingerprint density at radius 2 is 1.64 bits per heavy atom. The smallest absolute Gasteiger partial charge is 0.410 e. The van der Waals surface area contributed by atoms with Crippen molar-refractivity contribution >= 4 is 75.0 Å². The number of hydrogen-bond acceptors (Lipinski definition) is 14. The number of primary amides is 1. The quantitative estimate of drug-likeness (QED) is 0.0390. The van der Waals surface area contributed by atoms with Gasteiger partial charge in [0.2, 0.25) is 23.6 Å². The first-order valence-corrected chi connectivity index (χ1v) is 23.1. The van der Waals surface area contributed by atoms with E-state index in [2.05, 4.69) is 41.9 Å². The second-order valence-corrected chi connectivity index (χ2v) is 17.9. The summed E-state index contributed by atoms with van der Waals surface area (Å²) < 4.78 is 8.85. The van der Waals surface area contributed by atoms with E-state index in [0.717, 1.165) is 5.39 Å². The molecule has 5 rings (SSSR count). The number of carbonyl (C=O) groups excluding carboxylic acids is 7. The van der Waals surface area contributed by atoms with E-state index in [1.165, 1.54) is 22.7 Å². The number of rotatable bonds is 25. The number of para-hydroxylation sites is 1. The number of ketones is 1. The van der Waals surface area contributed by atoms with Crippen LogP contribution < -0.4 is 38.1 Å². The highest BCUT2D eigenvalue weighted by Crippen LogP contribution is 2.30. The molecule has 23 nitrogen and oxygen atoms in total. The third-order valence-corrected chi connectivity index (χ3v) is 11.0. The zero-order valence-electron chi connectivity index (χ0n) is 40.4. The zero-order chi connectivity index (χ0) is 51.1. The first-order chi connectivity index (χ1) is 33.2. The van der Waals surface area contributed by atoms with Crippen molar-refractivity contribution in [3.63, 3.8) is 0 Å². The number of urea groups is 1. The lowest BCUT2D eigenvalue weighted by Gasteiger charge is -2.25. The number of nitrogen functional groups attached to an aromatic ring is 1. The fourth-order valence-electron chi connectivity index (χ4n) is 7.40. The Bertz CT molecular complexity index is 2660. The van der Waals surface area contributed by atoms with Gasteiger partial charge in [-0.2, -0.15) is 0 Å². The van der Waals surface area contributed by atoms with Crippen molar-refractivity contribution in [2.75, 3.05) is 30.7 Å². The van der Waals surface area contributed by atoms with Crippen molar-refractivity contribution in [1.29, 1.82) is 0 Å². The molecule has 7 amide bonds. The molecule has 3 aromatic heterocycles. The van der Waals surface area contributed by atoms with Crippen molar-refractivity contribution in [3.05, 3.63) is 71.8 Å². The number of nitrogens with one attached hydrogen (secondary N) is 5. The molecule has 0 radical (unpaired) electrons. The van der Waals surface area contributed by atoms with E-state index in [9.17, 15) is 38.7 Å². The second kappa shape index (κ2) is 24.5. The van der Waals surface area contributed by atoms with Crippen LogP contribution in [0.4, 0.5) is 21.1 Å². The number of aromatic nitrogens is 6. The molecule has 0 aliphatic rings. The lowest BCUT2D eigenvalue weighted by molar-refractivity contribution is -0.132. The zero-order valence-corrected chi connectivity index (χ0v) is 40.4. The molecule has 3 heterocycles. The third-order valence-electron chi connectivity index (χ3n) is 11.0. The van der Waals surface area contributed by atoms with E-state index < -0.39 is 53.4 Å². The Hall–Kier alpha value is -7.69. The van der Waals surface area contributed by atoms with E-state index in [0.29, 0.717) is 39.3 Å². The lowest BCUT2D eigenvalue weighted by Crippen LogP contribution is -2.55. The van der Waals surface area contributed by atoms with Gasteiger partial charge in [0.1, 0.15) is 42.4 Å². The van der Waals surface area contributed by atoms with Gasteiger partial charge in [-0.15, -0.1) is 5.10 Å². The van der Waals surface area contributed by atoms with Crippen molar-refractivity contribution in [2.45, 2.75) is 118 Å². The van der Waals surface area contributed by atoms with Crippen molar-refractivity contribution < 1.29 is 43.4 Å². The van der Waals surface area contributed by atoms with Crippen LogP contribution in [0.3, 0.4) is 0 Å². The van der Waals surface area contributed by atoms with Gasteiger partial charge in [-0.25, -0.2) is 24.2 Å². The molecular weight excluding hydrogens is 905 g/mol. The molecule has 2 aromatic carbocycles. The maximum absolute atomic E-state index is 13.7.